The molecule has 0 spiro atoms. The maximum absolute atomic E-state index is 2.44. The third-order valence-corrected chi connectivity index (χ3v) is 4.12. The molecule has 102 valence electrons. The van der Waals surface area contributed by atoms with Crippen molar-refractivity contribution in [2.75, 3.05) is 20.1 Å². The second kappa shape index (κ2) is 6.21. The summed E-state index contributed by atoms with van der Waals surface area (Å²) in [6.07, 6.45) is 6.54. The van der Waals surface area contributed by atoms with Gasteiger partial charge in [0.15, 0.2) is 0 Å². The van der Waals surface area contributed by atoms with Crippen molar-refractivity contribution < 1.29 is 0 Å². The van der Waals surface area contributed by atoms with Gasteiger partial charge in [-0.25, -0.2) is 0 Å². The predicted octanol–water partition coefficient (Wildman–Crippen LogP) is 4.33. The van der Waals surface area contributed by atoms with Crippen molar-refractivity contribution in [2.45, 2.75) is 26.7 Å². The summed E-state index contributed by atoms with van der Waals surface area (Å²) in [7, 11) is 2.22. The molecule has 0 amide bonds. The average Bonchev–Trinajstić information content (AvgIpc) is 2.75. The van der Waals surface area contributed by atoms with Gasteiger partial charge in [-0.05, 0) is 43.5 Å². The van der Waals surface area contributed by atoms with Gasteiger partial charge in [-0.1, -0.05) is 49.4 Å². The Morgan fingerprint density at radius 1 is 1.21 bits per heavy atom. The molecule has 0 N–H and O–H groups in total. The van der Waals surface area contributed by atoms with Crippen LogP contribution >= 0.6 is 0 Å². The zero-order valence-electron chi connectivity index (χ0n) is 12.6. The Morgan fingerprint density at radius 2 is 1.95 bits per heavy atom. The Kier molecular flexibility index (Phi) is 4.60. The van der Waals surface area contributed by atoms with E-state index in [0.29, 0.717) is 5.92 Å². The van der Waals surface area contributed by atoms with Crippen molar-refractivity contribution in [2.24, 2.45) is 5.92 Å². The van der Waals surface area contributed by atoms with Crippen LogP contribution in [0.15, 0.2) is 42.5 Å². The van der Waals surface area contributed by atoms with Gasteiger partial charge in [0.25, 0.3) is 0 Å². The van der Waals surface area contributed by atoms with E-state index in [2.05, 4.69) is 75.2 Å². The molecule has 2 atom stereocenters. The van der Waals surface area contributed by atoms with E-state index in [4.69, 9.17) is 0 Å². The standard InChI is InChI=1S/C18H25N/c1-5-9-15(6-2)16-10-7-8-11-17(16)18-13-19(4)12-14(18)3/h5-11,14,18H,12-13H2,1-4H3/b9-5-,15-6+/t14-,18?/m1/s1. The van der Waals surface area contributed by atoms with Crippen molar-refractivity contribution in [3.05, 3.63) is 53.6 Å². The Hall–Kier alpha value is -1.34. The molecule has 1 saturated heterocycles. The van der Waals surface area contributed by atoms with Gasteiger partial charge in [-0.2, -0.15) is 0 Å². The van der Waals surface area contributed by atoms with Gasteiger partial charge >= 0.3 is 0 Å². The molecule has 1 heterocycles. The van der Waals surface area contributed by atoms with E-state index >= 15 is 0 Å². The highest BCUT2D eigenvalue weighted by Gasteiger charge is 2.30. The van der Waals surface area contributed by atoms with Crippen molar-refractivity contribution in [1.29, 1.82) is 0 Å². The molecule has 1 nitrogen and oxygen atoms in total. The number of hydrogen-bond acceptors (Lipinski definition) is 1. The molecule has 0 bridgehead atoms. The maximum atomic E-state index is 2.44. The number of hydrogen-bond donors (Lipinski definition) is 0. The zero-order chi connectivity index (χ0) is 13.8. The summed E-state index contributed by atoms with van der Waals surface area (Å²) in [5.41, 5.74) is 4.24. The van der Waals surface area contributed by atoms with Gasteiger partial charge in [0.2, 0.25) is 0 Å². The summed E-state index contributed by atoms with van der Waals surface area (Å²) in [6, 6.07) is 8.89. The molecular formula is C18H25N. The summed E-state index contributed by atoms with van der Waals surface area (Å²) < 4.78 is 0. The maximum Gasteiger partial charge on any atom is 0.00506 e. The molecule has 1 aliphatic rings. The lowest BCUT2D eigenvalue weighted by Crippen LogP contribution is -2.13. The average molecular weight is 255 g/mol. The van der Waals surface area contributed by atoms with Crippen LogP contribution in [0, 0.1) is 5.92 Å². The molecule has 0 saturated carbocycles. The quantitative estimate of drug-likeness (QED) is 0.727. The highest BCUT2D eigenvalue weighted by Crippen LogP contribution is 2.35. The molecular weight excluding hydrogens is 230 g/mol. The summed E-state index contributed by atoms with van der Waals surface area (Å²) in [6.45, 7) is 8.95. The van der Waals surface area contributed by atoms with Gasteiger partial charge in [0.1, 0.15) is 0 Å². The van der Waals surface area contributed by atoms with Crippen LogP contribution in [-0.2, 0) is 0 Å². The minimum Gasteiger partial charge on any atom is -0.305 e. The number of allylic oxidation sites excluding steroid dienone is 4. The number of nitrogens with zero attached hydrogens (tertiary/aromatic N) is 1. The largest absolute Gasteiger partial charge is 0.305 e. The molecule has 0 aliphatic carbocycles. The fourth-order valence-electron chi connectivity index (χ4n) is 3.22. The van der Waals surface area contributed by atoms with Crippen LogP contribution in [0.3, 0.4) is 0 Å². The van der Waals surface area contributed by atoms with Crippen LogP contribution in [0.2, 0.25) is 0 Å². The Balaban J connectivity index is 2.41. The minimum absolute atomic E-state index is 0.654. The Bertz CT molecular complexity index is 484. The molecule has 19 heavy (non-hydrogen) atoms. The molecule has 0 radical (unpaired) electrons. The van der Waals surface area contributed by atoms with Crippen LogP contribution in [-0.4, -0.2) is 25.0 Å². The molecule has 1 fully saturated rings. The first kappa shape index (κ1) is 14.1. The second-order valence-corrected chi connectivity index (χ2v) is 5.64. The Labute approximate surface area is 117 Å². The Morgan fingerprint density at radius 3 is 2.53 bits per heavy atom. The summed E-state index contributed by atoms with van der Waals surface area (Å²) in [5, 5.41) is 0. The van der Waals surface area contributed by atoms with E-state index in [-0.39, 0.29) is 0 Å². The van der Waals surface area contributed by atoms with E-state index in [1.54, 1.807) is 0 Å². The molecule has 1 heteroatoms. The third kappa shape index (κ3) is 2.98. The van der Waals surface area contributed by atoms with E-state index in [1.165, 1.54) is 29.8 Å². The first-order chi connectivity index (χ1) is 9.17. The van der Waals surface area contributed by atoms with Crippen LogP contribution in [0.25, 0.3) is 5.57 Å². The molecule has 0 aromatic heterocycles. The zero-order valence-corrected chi connectivity index (χ0v) is 12.6. The molecule has 1 aromatic rings. The van der Waals surface area contributed by atoms with Gasteiger partial charge in [-0.3, -0.25) is 0 Å². The summed E-state index contributed by atoms with van der Waals surface area (Å²) in [5.74, 6) is 1.39. The number of likely N-dealkylation sites (tertiary alicyclic amines) is 1. The van der Waals surface area contributed by atoms with E-state index in [1.807, 2.05) is 0 Å². The topological polar surface area (TPSA) is 3.24 Å². The molecule has 2 rings (SSSR count). The van der Waals surface area contributed by atoms with Gasteiger partial charge in [-0.15, -0.1) is 0 Å². The fourth-order valence-corrected chi connectivity index (χ4v) is 3.22. The number of rotatable bonds is 3. The number of likely N-dealkylation sites (N-methyl/N-ethyl adjacent to an activating group) is 1. The lowest BCUT2D eigenvalue weighted by Gasteiger charge is -2.19. The van der Waals surface area contributed by atoms with Crippen molar-refractivity contribution in [1.82, 2.24) is 4.90 Å². The van der Waals surface area contributed by atoms with E-state index in [9.17, 15) is 0 Å². The minimum atomic E-state index is 0.654. The second-order valence-electron chi connectivity index (χ2n) is 5.64. The van der Waals surface area contributed by atoms with E-state index in [0.717, 1.165) is 5.92 Å². The lowest BCUT2D eigenvalue weighted by molar-refractivity contribution is 0.401. The van der Waals surface area contributed by atoms with E-state index < -0.39 is 0 Å². The smallest absolute Gasteiger partial charge is 0.00506 e. The van der Waals surface area contributed by atoms with Crippen molar-refractivity contribution in [3.63, 3.8) is 0 Å². The van der Waals surface area contributed by atoms with Crippen LogP contribution in [0.4, 0.5) is 0 Å². The monoisotopic (exact) mass is 255 g/mol. The normalized spacial score (nSPS) is 25.4. The summed E-state index contributed by atoms with van der Waals surface area (Å²) in [4.78, 5) is 2.44. The fraction of sp³-hybridized carbons (Fsp3) is 0.444. The lowest BCUT2D eigenvalue weighted by atomic mass is 9.85. The molecule has 1 unspecified atom stereocenters. The first-order valence-electron chi connectivity index (χ1n) is 7.24. The first-order valence-corrected chi connectivity index (χ1v) is 7.24. The highest BCUT2D eigenvalue weighted by molar-refractivity contribution is 5.76. The number of benzene rings is 1. The van der Waals surface area contributed by atoms with Gasteiger partial charge in [0, 0.05) is 19.0 Å². The third-order valence-electron chi connectivity index (χ3n) is 4.12. The predicted molar refractivity (Wildman–Crippen MR) is 84.3 cm³/mol. The summed E-state index contributed by atoms with van der Waals surface area (Å²) >= 11 is 0. The molecule has 1 aliphatic heterocycles. The van der Waals surface area contributed by atoms with Crippen molar-refractivity contribution in [3.8, 4) is 0 Å². The van der Waals surface area contributed by atoms with Crippen LogP contribution < -0.4 is 0 Å². The van der Waals surface area contributed by atoms with Gasteiger partial charge in [0.05, 0.1) is 0 Å². The van der Waals surface area contributed by atoms with Crippen molar-refractivity contribution >= 4 is 5.57 Å². The molecule has 1 aromatic carbocycles. The van der Waals surface area contributed by atoms with Gasteiger partial charge < -0.3 is 4.90 Å². The highest BCUT2D eigenvalue weighted by atomic mass is 15.1. The van der Waals surface area contributed by atoms with Crippen LogP contribution in [0.1, 0.15) is 37.8 Å². The van der Waals surface area contributed by atoms with Crippen LogP contribution in [0.5, 0.6) is 0 Å². The SMILES string of the molecule is C/C=C\C(=C/C)c1ccccc1C1CN(C)C[C@H]1C.